The van der Waals surface area contributed by atoms with E-state index < -0.39 is 0 Å². The largest absolute Gasteiger partial charge is 0.488 e. The molecule has 0 saturated heterocycles. The number of benzene rings is 3. The van der Waals surface area contributed by atoms with E-state index in [-0.39, 0.29) is 0 Å². The molecule has 0 aliphatic carbocycles. The molecule has 0 amide bonds. The first-order valence-corrected chi connectivity index (χ1v) is 11.2. The van der Waals surface area contributed by atoms with E-state index >= 15 is 0 Å². The lowest BCUT2D eigenvalue weighted by Crippen LogP contribution is -2.00. The highest BCUT2D eigenvalue weighted by molar-refractivity contribution is 6.11. The third-order valence-electron chi connectivity index (χ3n) is 5.43. The standard InChI is InChI=1S/C28H34O2/c1-5-7-9-13-17-29-27-23-15-11-12-16-24(23)28(30-18-14-10-8-6-2)26-20-22(4)21(3)19-25(26)27/h9-16,19-20H,5-8,17-18H2,1-4H3/b13-9+,14-10+. The summed E-state index contributed by atoms with van der Waals surface area (Å²) in [6, 6.07) is 12.9. The van der Waals surface area contributed by atoms with Crippen LogP contribution in [-0.2, 0) is 0 Å². The lowest BCUT2D eigenvalue weighted by atomic mass is 9.96. The fourth-order valence-corrected chi connectivity index (χ4v) is 3.64. The van der Waals surface area contributed by atoms with E-state index in [0.717, 1.165) is 58.7 Å². The first-order chi connectivity index (χ1) is 14.7. The van der Waals surface area contributed by atoms with Crippen LogP contribution in [0.1, 0.15) is 50.7 Å². The second kappa shape index (κ2) is 10.9. The number of hydrogen-bond acceptors (Lipinski definition) is 2. The van der Waals surface area contributed by atoms with Gasteiger partial charge in [0.05, 0.1) is 0 Å². The van der Waals surface area contributed by atoms with E-state index in [1.165, 1.54) is 11.1 Å². The zero-order chi connectivity index (χ0) is 21.3. The first kappa shape index (κ1) is 22.0. The molecule has 2 nitrogen and oxygen atoms in total. The predicted octanol–water partition coefficient (Wildman–Crippen LogP) is 8.08. The van der Waals surface area contributed by atoms with Crippen LogP contribution in [0, 0.1) is 13.8 Å². The van der Waals surface area contributed by atoms with Crippen molar-refractivity contribution in [1.82, 2.24) is 0 Å². The van der Waals surface area contributed by atoms with Gasteiger partial charge in [0, 0.05) is 21.5 Å². The number of unbranched alkanes of at least 4 members (excludes halogenated alkanes) is 2. The van der Waals surface area contributed by atoms with E-state index in [2.05, 4.69) is 88.4 Å². The van der Waals surface area contributed by atoms with Gasteiger partial charge in [-0.15, -0.1) is 0 Å². The van der Waals surface area contributed by atoms with Crippen molar-refractivity contribution in [2.24, 2.45) is 0 Å². The molecular formula is C28H34O2. The number of ether oxygens (including phenoxy) is 2. The minimum Gasteiger partial charge on any atom is -0.488 e. The molecule has 0 unspecified atom stereocenters. The third kappa shape index (κ3) is 5.05. The number of rotatable bonds is 10. The van der Waals surface area contributed by atoms with Crippen LogP contribution in [-0.4, -0.2) is 13.2 Å². The monoisotopic (exact) mass is 402 g/mol. The molecule has 3 rings (SSSR count). The van der Waals surface area contributed by atoms with E-state index in [0.29, 0.717) is 13.2 Å². The zero-order valence-electron chi connectivity index (χ0n) is 18.8. The van der Waals surface area contributed by atoms with Gasteiger partial charge in [0.1, 0.15) is 24.7 Å². The molecule has 0 atom stereocenters. The molecule has 0 fully saturated rings. The average Bonchev–Trinajstić information content (AvgIpc) is 2.75. The fourth-order valence-electron chi connectivity index (χ4n) is 3.64. The molecule has 0 radical (unpaired) electrons. The van der Waals surface area contributed by atoms with Crippen LogP contribution in [0.15, 0.2) is 60.7 Å². The summed E-state index contributed by atoms with van der Waals surface area (Å²) in [6.45, 7) is 9.84. The number of allylic oxidation sites excluding steroid dienone is 2. The van der Waals surface area contributed by atoms with E-state index in [1.807, 2.05) is 0 Å². The summed E-state index contributed by atoms with van der Waals surface area (Å²) in [5.74, 6) is 1.89. The minimum absolute atomic E-state index is 0.575. The summed E-state index contributed by atoms with van der Waals surface area (Å²) in [4.78, 5) is 0. The fraction of sp³-hybridized carbons (Fsp3) is 0.357. The Morgan fingerprint density at radius 3 is 1.47 bits per heavy atom. The maximum atomic E-state index is 6.33. The molecule has 30 heavy (non-hydrogen) atoms. The maximum absolute atomic E-state index is 6.33. The van der Waals surface area contributed by atoms with Crippen molar-refractivity contribution < 1.29 is 9.47 Å². The Bertz CT molecular complexity index is 960. The molecule has 3 aromatic rings. The Balaban J connectivity index is 2.10. The highest BCUT2D eigenvalue weighted by Crippen LogP contribution is 2.43. The summed E-state index contributed by atoms with van der Waals surface area (Å²) in [5.41, 5.74) is 2.52. The summed E-state index contributed by atoms with van der Waals surface area (Å²) in [6.07, 6.45) is 13.1. The van der Waals surface area contributed by atoms with Gasteiger partial charge < -0.3 is 9.47 Å². The van der Waals surface area contributed by atoms with Gasteiger partial charge in [-0.2, -0.15) is 0 Å². The quantitative estimate of drug-likeness (QED) is 0.252. The van der Waals surface area contributed by atoms with Crippen LogP contribution in [0.4, 0.5) is 0 Å². The van der Waals surface area contributed by atoms with Gasteiger partial charge in [0.2, 0.25) is 0 Å². The molecule has 2 heteroatoms. The summed E-state index contributed by atoms with van der Waals surface area (Å²) >= 11 is 0. The lowest BCUT2D eigenvalue weighted by Gasteiger charge is -2.18. The van der Waals surface area contributed by atoms with Crippen molar-refractivity contribution >= 4 is 21.5 Å². The zero-order valence-corrected chi connectivity index (χ0v) is 18.8. The molecule has 0 saturated carbocycles. The molecule has 0 spiro atoms. The molecule has 0 N–H and O–H groups in total. The van der Waals surface area contributed by atoms with Crippen LogP contribution < -0.4 is 9.47 Å². The second-order valence-corrected chi connectivity index (χ2v) is 7.83. The van der Waals surface area contributed by atoms with Crippen molar-refractivity contribution in [2.45, 2.75) is 53.4 Å². The van der Waals surface area contributed by atoms with Crippen LogP contribution in [0.2, 0.25) is 0 Å². The molecule has 0 aliphatic heterocycles. The van der Waals surface area contributed by atoms with Gasteiger partial charge >= 0.3 is 0 Å². The SMILES string of the molecule is CCC/C=C/COc1c2ccccc2c(OC/C=C/CCC)c2cc(C)c(C)cc12. The Labute approximate surface area is 181 Å². The number of hydrogen-bond donors (Lipinski definition) is 0. The Hall–Kier alpha value is -2.74. The van der Waals surface area contributed by atoms with E-state index in [9.17, 15) is 0 Å². The van der Waals surface area contributed by atoms with E-state index in [1.54, 1.807) is 0 Å². The summed E-state index contributed by atoms with van der Waals surface area (Å²) in [7, 11) is 0. The minimum atomic E-state index is 0.575. The van der Waals surface area contributed by atoms with Crippen molar-refractivity contribution in [3.8, 4) is 11.5 Å². The Kier molecular flexibility index (Phi) is 7.96. The molecule has 158 valence electrons. The van der Waals surface area contributed by atoms with Crippen molar-refractivity contribution in [1.29, 1.82) is 0 Å². The Morgan fingerprint density at radius 2 is 1.07 bits per heavy atom. The average molecular weight is 403 g/mol. The normalized spacial score (nSPS) is 11.9. The molecule has 0 aliphatic rings. The third-order valence-corrected chi connectivity index (χ3v) is 5.43. The molecule has 0 bridgehead atoms. The first-order valence-electron chi connectivity index (χ1n) is 11.2. The topological polar surface area (TPSA) is 18.5 Å². The number of fused-ring (bicyclic) bond motifs is 2. The molecule has 0 aromatic heterocycles. The highest BCUT2D eigenvalue weighted by Gasteiger charge is 2.16. The van der Waals surface area contributed by atoms with Crippen LogP contribution in [0.3, 0.4) is 0 Å². The van der Waals surface area contributed by atoms with Gasteiger partial charge in [0.25, 0.3) is 0 Å². The van der Waals surface area contributed by atoms with Gasteiger partial charge in [0.15, 0.2) is 0 Å². The van der Waals surface area contributed by atoms with Gasteiger partial charge in [-0.25, -0.2) is 0 Å². The van der Waals surface area contributed by atoms with Crippen molar-refractivity contribution in [3.05, 3.63) is 71.8 Å². The highest BCUT2D eigenvalue weighted by atomic mass is 16.5. The van der Waals surface area contributed by atoms with Crippen LogP contribution in [0.5, 0.6) is 11.5 Å². The van der Waals surface area contributed by atoms with Crippen LogP contribution in [0.25, 0.3) is 21.5 Å². The molecule has 0 heterocycles. The van der Waals surface area contributed by atoms with Crippen LogP contribution >= 0.6 is 0 Å². The van der Waals surface area contributed by atoms with Gasteiger partial charge in [-0.3, -0.25) is 0 Å². The number of aryl methyl sites for hydroxylation is 2. The molecular weight excluding hydrogens is 368 g/mol. The smallest absolute Gasteiger partial charge is 0.135 e. The summed E-state index contributed by atoms with van der Waals surface area (Å²) < 4.78 is 12.7. The van der Waals surface area contributed by atoms with Crippen molar-refractivity contribution in [2.75, 3.05) is 13.2 Å². The van der Waals surface area contributed by atoms with Gasteiger partial charge in [-0.1, -0.05) is 75.3 Å². The van der Waals surface area contributed by atoms with E-state index in [4.69, 9.17) is 9.47 Å². The predicted molar refractivity (Wildman–Crippen MR) is 130 cm³/mol. The maximum Gasteiger partial charge on any atom is 0.135 e. The Morgan fingerprint density at radius 1 is 0.633 bits per heavy atom. The lowest BCUT2D eigenvalue weighted by molar-refractivity contribution is 0.365. The van der Waals surface area contributed by atoms with Gasteiger partial charge in [-0.05, 0) is 49.9 Å². The molecule has 3 aromatic carbocycles. The van der Waals surface area contributed by atoms with Crippen molar-refractivity contribution in [3.63, 3.8) is 0 Å². The summed E-state index contributed by atoms with van der Waals surface area (Å²) in [5, 5.41) is 4.44. The second-order valence-electron chi connectivity index (χ2n) is 7.83.